The predicted octanol–water partition coefficient (Wildman–Crippen LogP) is 20.0. The number of benzene rings is 11. The van der Waals surface area contributed by atoms with Crippen molar-refractivity contribution >= 4 is 10.8 Å². The molecule has 0 radical (unpaired) electrons. The molecule has 2 heteroatoms. The molecule has 0 amide bonds. The van der Waals surface area contributed by atoms with Crippen molar-refractivity contribution in [1.29, 1.82) is 0 Å². The molecule has 0 aliphatic heterocycles. The molecule has 0 aliphatic rings. The third kappa shape index (κ3) is 9.55. The zero-order chi connectivity index (χ0) is 50.6. The average molecular weight is 967 g/mol. The lowest BCUT2D eigenvalue weighted by molar-refractivity contribution is 1.32. The van der Waals surface area contributed by atoms with E-state index < -0.39 is 0 Å². The van der Waals surface area contributed by atoms with Gasteiger partial charge >= 0.3 is 0 Å². The van der Waals surface area contributed by atoms with Gasteiger partial charge in [0.25, 0.3) is 0 Å². The summed E-state index contributed by atoms with van der Waals surface area (Å²) in [5.74, 6) is 0. The second kappa shape index (κ2) is 20.5. The Morgan fingerprint density at radius 1 is 0.184 bits per heavy atom. The molecule has 76 heavy (non-hydrogen) atoms. The van der Waals surface area contributed by atoms with Gasteiger partial charge in [-0.15, -0.1) is 0 Å². The summed E-state index contributed by atoms with van der Waals surface area (Å²) >= 11 is 0. The van der Waals surface area contributed by atoms with Crippen molar-refractivity contribution in [2.24, 2.45) is 0 Å². The summed E-state index contributed by atoms with van der Waals surface area (Å²) in [6.45, 7) is 0. The van der Waals surface area contributed by atoms with E-state index in [9.17, 15) is 0 Å². The van der Waals surface area contributed by atoms with E-state index in [2.05, 4.69) is 297 Å². The number of fused-ring (bicyclic) bond motifs is 1. The van der Waals surface area contributed by atoms with Crippen molar-refractivity contribution in [3.05, 3.63) is 303 Å². The van der Waals surface area contributed by atoms with E-state index in [4.69, 9.17) is 9.97 Å². The van der Waals surface area contributed by atoms with Gasteiger partial charge in [-0.2, -0.15) is 0 Å². The maximum atomic E-state index is 5.74. The lowest BCUT2D eigenvalue weighted by Crippen LogP contribution is -1.95. The van der Waals surface area contributed by atoms with Gasteiger partial charge in [-0.3, -0.25) is 4.98 Å². The molecule has 356 valence electrons. The first-order valence-corrected chi connectivity index (χ1v) is 25.9. The minimum Gasteiger partial charge on any atom is -0.256 e. The standard InChI is InChI=1S/C74H50N2/c1-6-20-51(21-7-1)57-31-18-32-58(38-57)65-41-63(54-26-12-4-13-27-54)45-69(47-65)72-49-68(59-33-19-34-60(39-59)74-71-35-17-16-30-56(71)36-37-75-74)50-73(76-72)70-46-64(55-28-14-5-15-29-55)44-67(48-70)66-42-61(52-22-8-2-9-23-52)40-62(43-66)53-24-10-3-11-25-53/h1-50H. The van der Waals surface area contributed by atoms with Crippen LogP contribution in [0.25, 0.3) is 134 Å². The molecule has 0 unspecified atom stereocenters. The van der Waals surface area contributed by atoms with Crippen LogP contribution in [-0.4, -0.2) is 9.97 Å². The lowest BCUT2D eigenvalue weighted by atomic mass is 9.90. The molecule has 13 rings (SSSR count). The Balaban J connectivity index is 1.04. The van der Waals surface area contributed by atoms with Crippen LogP contribution in [0.3, 0.4) is 0 Å². The van der Waals surface area contributed by atoms with Gasteiger partial charge in [0.05, 0.1) is 17.1 Å². The predicted molar refractivity (Wildman–Crippen MR) is 319 cm³/mol. The Hall–Kier alpha value is -10.0. The van der Waals surface area contributed by atoms with Gasteiger partial charge in [0.1, 0.15) is 0 Å². The van der Waals surface area contributed by atoms with Crippen LogP contribution in [0.4, 0.5) is 0 Å². The Morgan fingerprint density at radius 2 is 0.461 bits per heavy atom. The normalized spacial score (nSPS) is 11.2. The first-order valence-electron chi connectivity index (χ1n) is 25.9. The third-order valence-electron chi connectivity index (χ3n) is 14.4. The highest BCUT2D eigenvalue weighted by Crippen LogP contribution is 2.41. The van der Waals surface area contributed by atoms with E-state index in [0.29, 0.717) is 0 Å². The van der Waals surface area contributed by atoms with E-state index in [0.717, 1.165) is 111 Å². The van der Waals surface area contributed by atoms with E-state index >= 15 is 0 Å². The van der Waals surface area contributed by atoms with Crippen molar-refractivity contribution in [1.82, 2.24) is 9.97 Å². The molecule has 0 fully saturated rings. The Morgan fingerprint density at radius 3 is 0.895 bits per heavy atom. The highest BCUT2D eigenvalue weighted by Gasteiger charge is 2.17. The number of aromatic nitrogens is 2. The highest BCUT2D eigenvalue weighted by atomic mass is 14.7. The van der Waals surface area contributed by atoms with Gasteiger partial charge < -0.3 is 0 Å². The van der Waals surface area contributed by atoms with E-state index in [1.54, 1.807) is 0 Å². The minimum absolute atomic E-state index is 0.875. The molecule has 0 saturated heterocycles. The maximum Gasteiger partial charge on any atom is 0.0780 e. The van der Waals surface area contributed by atoms with Crippen molar-refractivity contribution in [2.75, 3.05) is 0 Å². The van der Waals surface area contributed by atoms with Crippen LogP contribution in [-0.2, 0) is 0 Å². The van der Waals surface area contributed by atoms with Crippen LogP contribution < -0.4 is 0 Å². The average Bonchev–Trinajstić information content (AvgIpc) is 3.53. The molecule has 2 heterocycles. The molecular weight excluding hydrogens is 917 g/mol. The Labute approximate surface area is 444 Å². The smallest absolute Gasteiger partial charge is 0.0780 e. The monoisotopic (exact) mass is 966 g/mol. The van der Waals surface area contributed by atoms with E-state index in [-0.39, 0.29) is 0 Å². The van der Waals surface area contributed by atoms with Crippen molar-refractivity contribution < 1.29 is 0 Å². The van der Waals surface area contributed by atoms with Crippen LogP contribution in [0.15, 0.2) is 303 Å². The summed E-state index contributed by atoms with van der Waals surface area (Å²) in [4.78, 5) is 10.7. The van der Waals surface area contributed by atoms with Gasteiger partial charge in [-0.25, -0.2) is 4.98 Å². The fourth-order valence-corrected chi connectivity index (χ4v) is 10.6. The van der Waals surface area contributed by atoms with Gasteiger partial charge in [-0.1, -0.05) is 212 Å². The quantitative estimate of drug-likeness (QED) is 0.129. The van der Waals surface area contributed by atoms with Crippen LogP contribution in [0.5, 0.6) is 0 Å². The van der Waals surface area contributed by atoms with Crippen LogP contribution in [0.1, 0.15) is 0 Å². The zero-order valence-electron chi connectivity index (χ0n) is 41.8. The number of pyridine rings is 2. The maximum absolute atomic E-state index is 5.74. The molecule has 2 nitrogen and oxygen atoms in total. The molecule has 2 aromatic heterocycles. The molecule has 0 aliphatic carbocycles. The van der Waals surface area contributed by atoms with Gasteiger partial charge in [0.2, 0.25) is 0 Å². The van der Waals surface area contributed by atoms with Crippen LogP contribution >= 0.6 is 0 Å². The van der Waals surface area contributed by atoms with Crippen molar-refractivity contribution in [3.8, 4) is 123 Å². The fourth-order valence-electron chi connectivity index (χ4n) is 10.6. The molecular formula is C74H50N2. The van der Waals surface area contributed by atoms with E-state index in [1.165, 1.54) is 22.3 Å². The summed E-state index contributed by atoms with van der Waals surface area (Å²) < 4.78 is 0. The summed E-state index contributed by atoms with van der Waals surface area (Å²) in [6.07, 6.45) is 1.91. The molecule has 13 aromatic rings. The lowest BCUT2D eigenvalue weighted by Gasteiger charge is -2.17. The topological polar surface area (TPSA) is 25.8 Å². The van der Waals surface area contributed by atoms with Gasteiger partial charge in [0.15, 0.2) is 0 Å². The van der Waals surface area contributed by atoms with E-state index in [1.807, 2.05) is 6.20 Å². The van der Waals surface area contributed by atoms with Gasteiger partial charge in [-0.05, 0) is 179 Å². The SMILES string of the molecule is c1ccc(-c2cccc(-c3cc(-c4ccccc4)cc(-c4cc(-c5cccc(-c6nccc7ccccc67)c5)cc(-c5cc(-c6ccccc6)cc(-c6cc(-c7ccccc7)cc(-c7ccccc7)c6)c5)n4)c3)c2)cc1. The Kier molecular flexibility index (Phi) is 12.3. The fraction of sp³-hybridized carbons (Fsp3) is 0. The summed E-state index contributed by atoms with van der Waals surface area (Å²) in [5.41, 5.74) is 24.0. The summed E-state index contributed by atoms with van der Waals surface area (Å²) in [5, 5.41) is 2.28. The molecule has 11 aromatic carbocycles. The minimum atomic E-state index is 0.875. The van der Waals surface area contributed by atoms with Crippen molar-refractivity contribution in [2.45, 2.75) is 0 Å². The molecule has 0 atom stereocenters. The zero-order valence-corrected chi connectivity index (χ0v) is 41.8. The molecule has 0 bridgehead atoms. The van der Waals surface area contributed by atoms with Crippen molar-refractivity contribution in [3.63, 3.8) is 0 Å². The first kappa shape index (κ1) is 45.8. The summed E-state index contributed by atoms with van der Waals surface area (Å²) in [6, 6.07) is 107. The second-order valence-electron chi connectivity index (χ2n) is 19.4. The second-order valence-corrected chi connectivity index (χ2v) is 19.4. The number of rotatable bonds is 11. The van der Waals surface area contributed by atoms with Crippen LogP contribution in [0, 0.1) is 0 Å². The molecule has 0 N–H and O–H groups in total. The molecule has 0 spiro atoms. The van der Waals surface area contributed by atoms with Gasteiger partial charge in [0, 0.05) is 28.3 Å². The number of hydrogen-bond acceptors (Lipinski definition) is 2. The molecule has 0 saturated carbocycles. The first-order chi connectivity index (χ1) is 37.6. The van der Waals surface area contributed by atoms with Crippen LogP contribution in [0.2, 0.25) is 0 Å². The third-order valence-corrected chi connectivity index (χ3v) is 14.4. The number of nitrogens with zero attached hydrogens (tertiary/aromatic N) is 2. The summed E-state index contributed by atoms with van der Waals surface area (Å²) in [7, 11) is 0. The largest absolute Gasteiger partial charge is 0.256 e. The number of hydrogen-bond donors (Lipinski definition) is 0. The highest BCUT2D eigenvalue weighted by molar-refractivity contribution is 5.96. The Bertz CT molecular complexity index is 4130.